The number of benzene rings is 2. The van der Waals surface area contributed by atoms with Crippen LogP contribution in [0.3, 0.4) is 0 Å². The lowest BCUT2D eigenvalue weighted by Crippen LogP contribution is -2.29. The largest absolute Gasteiger partial charge is 0.494 e. The van der Waals surface area contributed by atoms with Crippen LogP contribution in [0.4, 0.5) is 23.0 Å². The topological polar surface area (TPSA) is 110 Å². The molecule has 0 fully saturated rings. The third-order valence-electron chi connectivity index (χ3n) is 6.59. The summed E-state index contributed by atoms with van der Waals surface area (Å²) in [7, 11) is 9.80. The summed E-state index contributed by atoms with van der Waals surface area (Å²) >= 11 is 1.52. The Kier molecular flexibility index (Phi) is 7.36. The molecule has 3 heterocycles. The number of hydrogen-bond donors (Lipinski definition) is 2. The van der Waals surface area contributed by atoms with E-state index in [1.54, 1.807) is 13.3 Å². The second kappa shape index (κ2) is 10.9. The number of aromatic nitrogens is 5. The van der Waals surface area contributed by atoms with Gasteiger partial charge in [-0.1, -0.05) is 29.5 Å². The Morgan fingerprint density at radius 1 is 1.08 bits per heavy atom. The van der Waals surface area contributed by atoms with Crippen molar-refractivity contribution < 1.29 is 4.74 Å². The average molecular weight is 544 g/mol. The van der Waals surface area contributed by atoms with Gasteiger partial charge in [0, 0.05) is 62.1 Å². The second-order valence-corrected chi connectivity index (χ2v) is 10.9. The Hall–Kier alpha value is -4.22. The Morgan fingerprint density at radius 2 is 1.87 bits per heavy atom. The van der Waals surface area contributed by atoms with Crippen LogP contribution in [0.15, 0.2) is 48.8 Å². The Labute approximate surface area is 232 Å². The van der Waals surface area contributed by atoms with Crippen molar-refractivity contribution in [1.82, 2.24) is 29.6 Å². The third kappa shape index (κ3) is 5.36. The summed E-state index contributed by atoms with van der Waals surface area (Å²) in [5, 5.41) is 14.7. The fourth-order valence-corrected chi connectivity index (χ4v) is 5.22. The molecule has 3 N–H and O–H groups in total. The van der Waals surface area contributed by atoms with Crippen LogP contribution in [0.1, 0.15) is 5.01 Å². The van der Waals surface area contributed by atoms with Gasteiger partial charge in [0.1, 0.15) is 10.8 Å². The number of likely N-dealkylation sites (N-methyl/N-ethyl adjacent to an activating group) is 2. The van der Waals surface area contributed by atoms with Gasteiger partial charge < -0.3 is 30.2 Å². The van der Waals surface area contributed by atoms with Gasteiger partial charge in [-0.25, -0.2) is 9.97 Å². The lowest BCUT2D eigenvalue weighted by molar-refractivity contribution is 0.413. The van der Waals surface area contributed by atoms with E-state index in [9.17, 15) is 0 Å². The number of para-hydroxylation sites is 1. The van der Waals surface area contributed by atoms with Crippen molar-refractivity contribution in [2.45, 2.75) is 6.92 Å². The molecular formula is C28H33N9OS. The molecule has 0 amide bonds. The Bertz CT molecular complexity index is 1630. The van der Waals surface area contributed by atoms with Crippen LogP contribution in [0.25, 0.3) is 32.7 Å². The average Bonchev–Trinajstić information content (AvgIpc) is 3.50. The molecular weight excluding hydrogens is 510 g/mol. The molecule has 11 heteroatoms. The molecule has 0 aliphatic carbocycles. The van der Waals surface area contributed by atoms with Crippen LogP contribution in [0.5, 0.6) is 5.75 Å². The number of nitrogens with one attached hydrogen (secondary N) is 1. The van der Waals surface area contributed by atoms with Crippen LogP contribution >= 0.6 is 11.3 Å². The van der Waals surface area contributed by atoms with E-state index in [0.717, 1.165) is 56.5 Å². The predicted octanol–water partition coefficient (Wildman–Crippen LogP) is 4.79. The summed E-state index contributed by atoms with van der Waals surface area (Å²) in [5.41, 5.74) is 12.4. The summed E-state index contributed by atoms with van der Waals surface area (Å²) in [6.07, 6.45) is 3.89. The van der Waals surface area contributed by atoms with Crippen LogP contribution in [-0.2, 0) is 7.05 Å². The van der Waals surface area contributed by atoms with Crippen LogP contribution in [-0.4, -0.2) is 71.0 Å². The zero-order valence-corrected chi connectivity index (χ0v) is 23.9. The molecule has 202 valence electrons. The van der Waals surface area contributed by atoms with E-state index in [2.05, 4.69) is 67.3 Å². The number of nitrogens with two attached hydrogens (primary N) is 1. The smallest absolute Gasteiger partial charge is 0.227 e. The minimum absolute atomic E-state index is 0.425. The molecule has 0 aliphatic rings. The first-order valence-electron chi connectivity index (χ1n) is 12.6. The molecule has 39 heavy (non-hydrogen) atoms. The van der Waals surface area contributed by atoms with Crippen LogP contribution in [0, 0.1) is 6.92 Å². The van der Waals surface area contributed by atoms with Crippen molar-refractivity contribution in [2.24, 2.45) is 7.05 Å². The maximum atomic E-state index is 6.49. The number of methoxy groups -OCH3 is 1. The zero-order chi connectivity index (χ0) is 27.7. The minimum atomic E-state index is 0.425. The number of nitrogen functional groups attached to an aromatic ring is 1. The molecule has 0 atom stereocenters. The lowest BCUT2D eigenvalue weighted by atomic mass is 10.1. The van der Waals surface area contributed by atoms with Crippen molar-refractivity contribution in [3.8, 4) is 27.6 Å². The van der Waals surface area contributed by atoms with E-state index in [1.807, 2.05) is 45.3 Å². The molecule has 3 aromatic heterocycles. The van der Waals surface area contributed by atoms with Crippen molar-refractivity contribution in [1.29, 1.82) is 0 Å². The first-order chi connectivity index (χ1) is 18.7. The molecule has 2 aromatic carbocycles. The quantitative estimate of drug-likeness (QED) is 0.253. The maximum Gasteiger partial charge on any atom is 0.227 e. The number of fused-ring (bicyclic) bond motifs is 1. The number of rotatable bonds is 9. The highest BCUT2D eigenvalue weighted by atomic mass is 32.1. The highest BCUT2D eigenvalue weighted by Crippen LogP contribution is 2.39. The number of aryl methyl sites for hydroxylation is 2. The van der Waals surface area contributed by atoms with Gasteiger partial charge in [0.15, 0.2) is 5.01 Å². The summed E-state index contributed by atoms with van der Waals surface area (Å²) in [4.78, 5) is 13.9. The number of anilines is 4. The SMILES string of the molecule is COc1cc(N(C)CCN(C)C)c(N)cc1Nc1ncc(-c2nnc(C)s2)c(-c2cn(C)c3ccccc23)n1. The molecule has 0 unspecified atom stereocenters. The predicted molar refractivity (Wildman–Crippen MR) is 160 cm³/mol. The summed E-state index contributed by atoms with van der Waals surface area (Å²) < 4.78 is 7.83. The molecule has 0 saturated heterocycles. The van der Waals surface area contributed by atoms with Crippen molar-refractivity contribution >= 4 is 45.3 Å². The van der Waals surface area contributed by atoms with Gasteiger partial charge in [-0.05, 0) is 33.2 Å². The van der Waals surface area contributed by atoms with Gasteiger partial charge in [0.2, 0.25) is 5.95 Å². The minimum Gasteiger partial charge on any atom is -0.494 e. The van der Waals surface area contributed by atoms with Crippen LogP contribution in [0.2, 0.25) is 0 Å². The molecule has 0 radical (unpaired) electrons. The number of nitrogens with zero attached hydrogens (tertiary/aromatic N) is 7. The first kappa shape index (κ1) is 26.4. The summed E-state index contributed by atoms with van der Waals surface area (Å²) in [6, 6.07) is 12.1. The van der Waals surface area contributed by atoms with E-state index in [1.165, 1.54) is 11.3 Å². The molecule has 10 nitrogen and oxygen atoms in total. The molecule has 0 bridgehead atoms. The van der Waals surface area contributed by atoms with Crippen molar-refractivity contribution in [3.63, 3.8) is 0 Å². The molecule has 0 aliphatic heterocycles. The van der Waals surface area contributed by atoms with Gasteiger partial charge >= 0.3 is 0 Å². The van der Waals surface area contributed by atoms with E-state index in [4.69, 9.17) is 15.5 Å². The Balaban J connectivity index is 1.56. The van der Waals surface area contributed by atoms with Gasteiger partial charge in [0.05, 0.1) is 35.4 Å². The second-order valence-electron chi connectivity index (χ2n) is 9.71. The van der Waals surface area contributed by atoms with Crippen LogP contribution < -0.4 is 20.7 Å². The summed E-state index contributed by atoms with van der Waals surface area (Å²) in [5.74, 6) is 1.07. The number of hydrogen-bond acceptors (Lipinski definition) is 10. The molecule has 5 aromatic rings. The highest BCUT2D eigenvalue weighted by molar-refractivity contribution is 7.14. The van der Waals surface area contributed by atoms with E-state index in [-0.39, 0.29) is 0 Å². The fourth-order valence-electron chi connectivity index (χ4n) is 4.51. The molecule has 5 rings (SSSR count). The van der Waals surface area contributed by atoms with Crippen molar-refractivity contribution in [3.05, 3.63) is 53.8 Å². The lowest BCUT2D eigenvalue weighted by Gasteiger charge is -2.24. The number of ether oxygens (including phenoxy) is 1. The van der Waals surface area contributed by atoms with E-state index >= 15 is 0 Å². The first-order valence-corrected chi connectivity index (χ1v) is 13.4. The normalized spacial score (nSPS) is 11.4. The standard InChI is InChI=1S/C28H33N9OS/c1-17-33-34-27(39-17)19-15-30-28(32-26(19)20-16-37(5)23-10-8-7-9-18(20)23)31-22-13-21(29)24(14-25(22)38-6)36(4)12-11-35(2)3/h7-10,13-16H,11-12,29H2,1-6H3,(H,30,31,32). The maximum absolute atomic E-state index is 6.49. The summed E-state index contributed by atoms with van der Waals surface area (Å²) in [6.45, 7) is 3.68. The molecule has 0 saturated carbocycles. The van der Waals surface area contributed by atoms with Gasteiger partial charge in [0.25, 0.3) is 0 Å². The Morgan fingerprint density at radius 3 is 2.59 bits per heavy atom. The molecule has 0 spiro atoms. The van der Waals surface area contributed by atoms with E-state index < -0.39 is 0 Å². The monoisotopic (exact) mass is 543 g/mol. The fraction of sp³-hybridized carbons (Fsp3) is 0.286. The third-order valence-corrected chi connectivity index (χ3v) is 7.46. The van der Waals surface area contributed by atoms with Gasteiger partial charge in [-0.2, -0.15) is 0 Å². The van der Waals surface area contributed by atoms with Gasteiger partial charge in [-0.15, -0.1) is 10.2 Å². The highest BCUT2D eigenvalue weighted by Gasteiger charge is 2.20. The zero-order valence-electron chi connectivity index (χ0n) is 23.1. The van der Waals surface area contributed by atoms with Crippen molar-refractivity contribution in [2.75, 3.05) is 57.3 Å². The van der Waals surface area contributed by atoms with E-state index in [0.29, 0.717) is 23.1 Å². The van der Waals surface area contributed by atoms with Gasteiger partial charge in [-0.3, -0.25) is 0 Å².